The van der Waals surface area contributed by atoms with Crippen LogP contribution in [0.15, 0.2) is 24.3 Å². The van der Waals surface area contributed by atoms with Crippen molar-refractivity contribution < 1.29 is 14.6 Å². The van der Waals surface area contributed by atoms with Crippen LogP contribution in [0.5, 0.6) is 0 Å². The second-order valence-electron chi connectivity index (χ2n) is 4.78. The van der Waals surface area contributed by atoms with Crippen LogP contribution in [0, 0.1) is 0 Å². The van der Waals surface area contributed by atoms with Gasteiger partial charge in [-0.25, -0.2) is 0 Å². The molecule has 1 N–H and O–H groups in total. The molecule has 1 heterocycles. The van der Waals surface area contributed by atoms with Crippen LogP contribution in [-0.4, -0.2) is 18.0 Å². The summed E-state index contributed by atoms with van der Waals surface area (Å²) in [6, 6.07) is 7.95. The van der Waals surface area contributed by atoms with Crippen molar-refractivity contribution in [3.05, 3.63) is 35.4 Å². The van der Waals surface area contributed by atoms with Gasteiger partial charge in [0.2, 0.25) is 0 Å². The van der Waals surface area contributed by atoms with Gasteiger partial charge in [0, 0.05) is 6.61 Å². The van der Waals surface area contributed by atoms with E-state index in [0.29, 0.717) is 6.61 Å². The van der Waals surface area contributed by atoms with Crippen LogP contribution < -0.4 is 0 Å². The van der Waals surface area contributed by atoms with Gasteiger partial charge in [-0.15, -0.1) is 0 Å². The fraction of sp³-hybridized carbons (Fsp3) is 0.600. The molecule has 0 radical (unpaired) electrons. The highest BCUT2D eigenvalue weighted by Gasteiger charge is 2.14. The summed E-state index contributed by atoms with van der Waals surface area (Å²) < 4.78 is 11.3. The van der Waals surface area contributed by atoms with E-state index >= 15 is 0 Å². The van der Waals surface area contributed by atoms with Gasteiger partial charge in [0.05, 0.1) is 12.7 Å². The van der Waals surface area contributed by atoms with Crippen molar-refractivity contribution in [2.45, 2.75) is 51.6 Å². The van der Waals surface area contributed by atoms with Gasteiger partial charge < -0.3 is 14.6 Å². The summed E-state index contributed by atoms with van der Waals surface area (Å²) >= 11 is 0. The van der Waals surface area contributed by atoms with Crippen LogP contribution in [0.4, 0.5) is 0 Å². The molecule has 1 aromatic carbocycles. The number of aliphatic hydroxyl groups excluding tert-OH is 1. The van der Waals surface area contributed by atoms with Crippen LogP contribution in [-0.2, 0) is 16.1 Å². The van der Waals surface area contributed by atoms with Gasteiger partial charge in [-0.3, -0.25) is 0 Å². The molecule has 0 amide bonds. The Labute approximate surface area is 109 Å². The molecule has 1 saturated heterocycles. The summed E-state index contributed by atoms with van der Waals surface area (Å²) in [4.78, 5) is 0. The number of aliphatic hydroxyl groups is 1. The van der Waals surface area contributed by atoms with E-state index in [1.807, 2.05) is 31.2 Å². The predicted molar refractivity (Wildman–Crippen MR) is 70.1 cm³/mol. The fourth-order valence-corrected chi connectivity index (χ4v) is 2.16. The lowest BCUT2D eigenvalue weighted by molar-refractivity contribution is -0.168. The largest absolute Gasteiger partial charge is 0.388 e. The highest BCUT2D eigenvalue weighted by Crippen LogP contribution is 2.19. The molecular formula is C15H22O3. The molecule has 0 aliphatic carbocycles. The van der Waals surface area contributed by atoms with E-state index in [2.05, 4.69) is 0 Å². The maximum absolute atomic E-state index is 9.81. The number of hydrogen-bond donors (Lipinski definition) is 1. The Bertz CT molecular complexity index is 359. The quantitative estimate of drug-likeness (QED) is 0.872. The van der Waals surface area contributed by atoms with Crippen molar-refractivity contribution in [1.82, 2.24) is 0 Å². The Hall–Kier alpha value is -0.900. The van der Waals surface area contributed by atoms with Crippen LogP contribution in [0.2, 0.25) is 0 Å². The van der Waals surface area contributed by atoms with Crippen molar-refractivity contribution in [2.75, 3.05) is 6.61 Å². The lowest BCUT2D eigenvalue weighted by Crippen LogP contribution is -2.22. The third-order valence-electron chi connectivity index (χ3n) is 3.30. The van der Waals surface area contributed by atoms with Crippen molar-refractivity contribution in [1.29, 1.82) is 0 Å². The van der Waals surface area contributed by atoms with Gasteiger partial charge in [0.1, 0.15) is 0 Å². The molecule has 0 spiro atoms. The number of hydrogen-bond acceptors (Lipinski definition) is 3. The molecular weight excluding hydrogens is 228 g/mol. The highest BCUT2D eigenvalue weighted by molar-refractivity contribution is 5.24. The summed E-state index contributed by atoms with van der Waals surface area (Å²) in [5.41, 5.74) is 2.05. The minimum Gasteiger partial charge on any atom is -0.388 e. The zero-order valence-electron chi connectivity index (χ0n) is 11.0. The van der Waals surface area contributed by atoms with Crippen molar-refractivity contribution in [3.63, 3.8) is 0 Å². The van der Waals surface area contributed by atoms with E-state index in [4.69, 9.17) is 9.47 Å². The zero-order chi connectivity index (χ0) is 12.8. The molecule has 3 nitrogen and oxygen atoms in total. The molecule has 2 unspecified atom stereocenters. The van der Waals surface area contributed by atoms with E-state index in [1.54, 1.807) is 0 Å². The summed E-state index contributed by atoms with van der Waals surface area (Å²) in [7, 11) is 0. The third-order valence-corrected chi connectivity index (χ3v) is 3.30. The molecule has 100 valence electrons. The van der Waals surface area contributed by atoms with Crippen molar-refractivity contribution in [2.24, 2.45) is 0 Å². The van der Waals surface area contributed by atoms with E-state index in [9.17, 15) is 5.11 Å². The highest BCUT2D eigenvalue weighted by atomic mass is 16.7. The average molecular weight is 250 g/mol. The molecule has 1 aliphatic rings. The van der Waals surface area contributed by atoms with Crippen LogP contribution in [0.1, 0.15) is 49.8 Å². The Morgan fingerprint density at radius 2 is 2.33 bits per heavy atom. The topological polar surface area (TPSA) is 38.7 Å². The van der Waals surface area contributed by atoms with Gasteiger partial charge in [0.25, 0.3) is 0 Å². The van der Waals surface area contributed by atoms with E-state index < -0.39 is 0 Å². The van der Waals surface area contributed by atoms with E-state index in [0.717, 1.165) is 37.0 Å². The summed E-state index contributed by atoms with van der Waals surface area (Å²) in [5, 5.41) is 9.81. The van der Waals surface area contributed by atoms with Gasteiger partial charge >= 0.3 is 0 Å². The van der Waals surface area contributed by atoms with Crippen molar-refractivity contribution in [3.8, 4) is 0 Å². The van der Waals surface area contributed by atoms with Gasteiger partial charge in [-0.1, -0.05) is 31.2 Å². The first-order chi connectivity index (χ1) is 8.79. The lowest BCUT2D eigenvalue weighted by atomic mass is 10.0. The Morgan fingerprint density at radius 1 is 1.44 bits per heavy atom. The Morgan fingerprint density at radius 3 is 3.06 bits per heavy atom. The lowest BCUT2D eigenvalue weighted by Gasteiger charge is -2.22. The van der Waals surface area contributed by atoms with E-state index in [-0.39, 0.29) is 12.4 Å². The van der Waals surface area contributed by atoms with Crippen molar-refractivity contribution >= 4 is 0 Å². The second-order valence-corrected chi connectivity index (χ2v) is 4.78. The molecule has 18 heavy (non-hydrogen) atoms. The molecule has 1 aliphatic heterocycles. The van der Waals surface area contributed by atoms with Crippen LogP contribution in [0.3, 0.4) is 0 Å². The van der Waals surface area contributed by atoms with Gasteiger partial charge in [-0.2, -0.15) is 0 Å². The SMILES string of the molecule is CCC(O)c1cccc(COC2CCCCO2)c1. The minimum absolute atomic E-state index is 0.0569. The number of benzene rings is 1. The van der Waals surface area contributed by atoms with Crippen LogP contribution in [0.25, 0.3) is 0 Å². The average Bonchev–Trinajstić information content (AvgIpc) is 2.45. The summed E-state index contributed by atoms with van der Waals surface area (Å²) in [5.74, 6) is 0. The van der Waals surface area contributed by atoms with E-state index in [1.165, 1.54) is 6.42 Å². The summed E-state index contributed by atoms with van der Waals surface area (Å²) in [6.45, 7) is 3.33. The second kappa shape index (κ2) is 6.88. The molecule has 2 atom stereocenters. The van der Waals surface area contributed by atoms with Gasteiger partial charge in [0.15, 0.2) is 6.29 Å². The number of rotatable bonds is 5. The maximum Gasteiger partial charge on any atom is 0.158 e. The maximum atomic E-state index is 9.81. The molecule has 3 heteroatoms. The smallest absolute Gasteiger partial charge is 0.158 e. The fourth-order valence-electron chi connectivity index (χ4n) is 2.16. The summed E-state index contributed by atoms with van der Waals surface area (Å²) in [6.07, 6.45) is 3.60. The Kier molecular flexibility index (Phi) is 5.17. The molecule has 0 bridgehead atoms. The standard InChI is InChI=1S/C15H22O3/c1-2-14(16)13-7-5-6-12(10-13)11-18-15-8-3-4-9-17-15/h5-7,10,14-16H,2-4,8-9,11H2,1H3. The molecule has 0 saturated carbocycles. The monoisotopic (exact) mass is 250 g/mol. The zero-order valence-corrected chi connectivity index (χ0v) is 11.0. The molecule has 2 rings (SSSR count). The predicted octanol–water partition coefficient (Wildman–Crippen LogP) is 3.17. The third kappa shape index (κ3) is 3.80. The first-order valence-electron chi connectivity index (χ1n) is 6.79. The first-order valence-corrected chi connectivity index (χ1v) is 6.79. The normalized spacial score (nSPS) is 21.8. The molecule has 1 aromatic rings. The minimum atomic E-state index is -0.379. The number of ether oxygens (including phenoxy) is 2. The Balaban J connectivity index is 1.88. The molecule has 1 fully saturated rings. The molecule has 0 aromatic heterocycles. The first kappa shape index (κ1) is 13.5. The van der Waals surface area contributed by atoms with Crippen LogP contribution >= 0.6 is 0 Å². The van der Waals surface area contributed by atoms with Gasteiger partial charge in [-0.05, 0) is 36.8 Å².